The number of benzene rings is 3. The number of hydrogen-bond donors (Lipinski definition) is 2. The van der Waals surface area contributed by atoms with Gasteiger partial charge in [-0.3, -0.25) is 0 Å². The molecule has 0 radical (unpaired) electrons. The van der Waals surface area contributed by atoms with Crippen molar-refractivity contribution in [3.05, 3.63) is 89.5 Å². The molecule has 4 rings (SSSR count). The SMILES string of the molecule is COP1(Oc2ccccc2C)=N[PH](OC)(Oc2ccccc2C)N[PH](OC)(Oc2ccccc2C)N1. The maximum absolute atomic E-state index is 6.55. The quantitative estimate of drug-likeness (QED) is 0.273. The zero-order valence-electron chi connectivity index (χ0n) is 21.3. The van der Waals surface area contributed by atoms with Gasteiger partial charge in [0.05, 0.1) is 0 Å². The summed E-state index contributed by atoms with van der Waals surface area (Å²) < 4.78 is 42.6. The van der Waals surface area contributed by atoms with E-state index in [9.17, 15) is 0 Å². The molecule has 3 aromatic rings. The van der Waals surface area contributed by atoms with E-state index >= 15 is 0 Å². The summed E-state index contributed by atoms with van der Waals surface area (Å²) in [6.45, 7) is 5.88. The molecule has 3 aromatic carbocycles. The van der Waals surface area contributed by atoms with Crippen LogP contribution in [-0.2, 0) is 13.6 Å². The fourth-order valence-corrected chi connectivity index (χ4v) is 15.3. The van der Waals surface area contributed by atoms with E-state index in [-0.39, 0.29) is 0 Å². The van der Waals surface area contributed by atoms with Crippen LogP contribution >= 0.6 is 23.7 Å². The van der Waals surface area contributed by atoms with E-state index in [4.69, 9.17) is 31.7 Å². The molecule has 0 saturated heterocycles. The fraction of sp³-hybridized carbons (Fsp3) is 0.250. The van der Waals surface area contributed by atoms with Gasteiger partial charge in [-0.15, -0.1) is 0 Å². The molecule has 196 valence electrons. The van der Waals surface area contributed by atoms with Crippen LogP contribution in [0.2, 0.25) is 0 Å². The van der Waals surface area contributed by atoms with E-state index in [2.05, 4.69) is 9.72 Å². The number of para-hydroxylation sites is 3. The summed E-state index contributed by atoms with van der Waals surface area (Å²) in [5.74, 6) is 1.90. The molecule has 0 spiro atoms. The Labute approximate surface area is 213 Å². The second-order valence-electron chi connectivity index (χ2n) is 8.24. The van der Waals surface area contributed by atoms with Crippen molar-refractivity contribution in [3.8, 4) is 17.2 Å². The normalized spacial score (nSPS) is 22.1. The van der Waals surface area contributed by atoms with Crippen LogP contribution in [0.3, 0.4) is 0 Å². The summed E-state index contributed by atoms with van der Waals surface area (Å²) in [6, 6.07) is 23.0. The molecular weight excluding hydrogens is 519 g/mol. The molecule has 1 aliphatic rings. The second kappa shape index (κ2) is 11.1. The van der Waals surface area contributed by atoms with Crippen molar-refractivity contribution in [2.75, 3.05) is 21.3 Å². The van der Waals surface area contributed by atoms with Crippen molar-refractivity contribution in [1.82, 2.24) is 9.72 Å². The summed E-state index contributed by atoms with van der Waals surface area (Å²) in [7, 11) is -5.84. The molecule has 0 aliphatic carbocycles. The van der Waals surface area contributed by atoms with Crippen LogP contribution in [-0.4, -0.2) is 21.3 Å². The van der Waals surface area contributed by atoms with Gasteiger partial charge in [-0.2, -0.15) is 0 Å². The molecule has 1 aliphatic heterocycles. The van der Waals surface area contributed by atoms with Crippen molar-refractivity contribution >= 4 is 23.7 Å². The number of nitrogens with one attached hydrogen (secondary N) is 2. The monoisotopic (exact) mass is 553 g/mol. The summed E-state index contributed by atoms with van der Waals surface area (Å²) in [5, 5.41) is 0. The first kappa shape index (κ1) is 27.0. The zero-order valence-corrected chi connectivity index (χ0v) is 24.2. The Morgan fingerprint density at radius 1 is 0.667 bits per heavy atom. The van der Waals surface area contributed by atoms with Gasteiger partial charge in [0.2, 0.25) is 0 Å². The first-order chi connectivity index (χ1) is 17.3. The predicted octanol–water partition coefficient (Wildman–Crippen LogP) is 7.05. The van der Waals surface area contributed by atoms with Gasteiger partial charge in [0.25, 0.3) is 0 Å². The molecule has 0 saturated carbocycles. The molecule has 0 fully saturated rings. The third-order valence-corrected chi connectivity index (χ3v) is 15.8. The van der Waals surface area contributed by atoms with Crippen molar-refractivity contribution in [3.63, 3.8) is 0 Å². The van der Waals surface area contributed by atoms with Crippen LogP contribution in [0.4, 0.5) is 0 Å². The van der Waals surface area contributed by atoms with Gasteiger partial charge < -0.3 is 0 Å². The van der Waals surface area contributed by atoms with Crippen molar-refractivity contribution in [2.45, 2.75) is 20.8 Å². The fourth-order valence-electron chi connectivity index (χ4n) is 3.62. The Kier molecular flexibility index (Phi) is 8.35. The van der Waals surface area contributed by atoms with Gasteiger partial charge in [0.15, 0.2) is 0 Å². The molecular formula is C24H34N3O6P3. The van der Waals surface area contributed by atoms with Crippen molar-refractivity contribution in [2.24, 2.45) is 4.52 Å². The van der Waals surface area contributed by atoms with Gasteiger partial charge in [-0.05, 0) is 0 Å². The topological polar surface area (TPSA) is 91.8 Å². The van der Waals surface area contributed by atoms with E-state index in [1.165, 1.54) is 0 Å². The Hall–Kier alpha value is -2.05. The molecule has 36 heavy (non-hydrogen) atoms. The first-order valence-electron chi connectivity index (χ1n) is 11.4. The summed E-state index contributed by atoms with van der Waals surface area (Å²) in [6.07, 6.45) is 0. The molecule has 9 nitrogen and oxygen atoms in total. The van der Waals surface area contributed by atoms with Crippen LogP contribution in [0.5, 0.6) is 17.2 Å². The molecule has 1 atom stereocenters. The standard InChI is InChI=1S/C24H34N3O6P3/c1-19-13-7-10-16-22(19)31-34(28-4)25-35(29-5,32-23-17-11-8-14-20(23)2)27-36(26-34,30-6)33-24-18-12-9-15-21(24)3/h7-18,25-26,34-35H,1-6H3. The maximum atomic E-state index is 6.55. The number of hydrogen-bond acceptors (Lipinski definition) is 9. The van der Waals surface area contributed by atoms with Gasteiger partial charge in [-0.25, -0.2) is 0 Å². The summed E-state index contributed by atoms with van der Waals surface area (Å²) >= 11 is 0. The molecule has 0 aromatic heterocycles. The van der Waals surface area contributed by atoms with Gasteiger partial charge in [0, 0.05) is 0 Å². The number of rotatable bonds is 9. The van der Waals surface area contributed by atoms with Crippen LogP contribution in [0.15, 0.2) is 77.3 Å². The number of nitrogens with zero attached hydrogens (tertiary/aromatic N) is 1. The summed E-state index contributed by atoms with van der Waals surface area (Å²) in [4.78, 5) is 6.78. The molecule has 2 N–H and O–H groups in total. The minimum absolute atomic E-state index is 0.621. The van der Waals surface area contributed by atoms with Gasteiger partial charge in [0.1, 0.15) is 0 Å². The third kappa shape index (κ3) is 5.75. The van der Waals surface area contributed by atoms with Crippen LogP contribution < -0.4 is 23.3 Å². The minimum atomic E-state index is -3.66. The molecule has 12 heteroatoms. The van der Waals surface area contributed by atoms with E-state index in [0.717, 1.165) is 16.7 Å². The Balaban J connectivity index is 1.87. The van der Waals surface area contributed by atoms with Crippen LogP contribution in [0, 0.1) is 20.8 Å². The van der Waals surface area contributed by atoms with E-state index < -0.39 is 23.7 Å². The third-order valence-electron chi connectivity index (χ3n) is 5.69. The van der Waals surface area contributed by atoms with Crippen LogP contribution in [0.1, 0.15) is 16.7 Å². The Morgan fingerprint density at radius 2 is 1.17 bits per heavy atom. The van der Waals surface area contributed by atoms with Crippen molar-refractivity contribution < 1.29 is 27.1 Å². The average Bonchev–Trinajstić information content (AvgIpc) is 2.88. The Morgan fingerprint density at radius 3 is 1.64 bits per heavy atom. The molecule has 1 heterocycles. The number of aryl methyl sites for hydroxylation is 3. The second-order valence-corrected chi connectivity index (χ2v) is 16.1. The van der Waals surface area contributed by atoms with Gasteiger partial charge in [-0.1, -0.05) is 0 Å². The van der Waals surface area contributed by atoms with Gasteiger partial charge >= 0.3 is 214 Å². The van der Waals surface area contributed by atoms with E-state index in [1.807, 2.05) is 93.6 Å². The molecule has 1 unspecified atom stereocenters. The average molecular weight is 553 g/mol. The first-order valence-corrected chi connectivity index (χ1v) is 16.6. The molecule has 0 bridgehead atoms. The zero-order chi connectivity index (χ0) is 25.8. The predicted molar refractivity (Wildman–Crippen MR) is 149 cm³/mol. The van der Waals surface area contributed by atoms with Crippen LogP contribution in [0.25, 0.3) is 0 Å². The van der Waals surface area contributed by atoms with E-state index in [1.54, 1.807) is 21.3 Å². The van der Waals surface area contributed by atoms with Crippen molar-refractivity contribution in [1.29, 1.82) is 0 Å². The summed E-state index contributed by atoms with van der Waals surface area (Å²) in [5.41, 5.74) is 2.80. The van der Waals surface area contributed by atoms with E-state index in [0.29, 0.717) is 17.2 Å². The Bertz CT molecular complexity index is 1280. The molecule has 0 amide bonds.